The molecule has 7 atom stereocenters. The molecule has 3 aliphatic heterocycles. The minimum absolute atomic E-state index is 0.00447. The van der Waals surface area contributed by atoms with Crippen molar-refractivity contribution >= 4 is 30.8 Å². The van der Waals surface area contributed by atoms with Crippen LogP contribution < -0.4 is 22.7 Å². The SMILES string of the molecule is Nc1nc2c(nc3n2[C@H]2C[C@@H](O)[C@@H](COP(=O)(O)O[C@@H]4C[C@H](O[C@@H]4CO)n4cc-3c(N)nc4=O)O2)c(=O)[nH]1. The van der Waals surface area contributed by atoms with Crippen molar-refractivity contribution in [2.24, 2.45) is 0 Å². The highest BCUT2D eigenvalue weighted by atomic mass is 31.2. The lowest BCUT2D eigenvalue weighted by atomic mass is 10.2. The normalized spacial score (nSPS) is 33.1. The fourth-order valence-corrected chi connectivity index (χ4v) is 5.82. The Bertz CT molecular complexity index is 1590. The Morgan fingerprint density at radius 3 is 2.68 bits per heavy atom. The van der Waals surface area contributed by atoms with Gasteiger partial charge in [0.15, 0.2) is 11.2 Å². The average molecular weight is 554 g/mol. The van der Waals surface area contributed by atoms with Gasteiger partial charge in [-0.2, -0.15) is 9.97 Å². The summed E-state index contributed by atoms with van der Waals surface area (Å²) < 4.78 is 37.1. The van der Waals surface area contributed by atoms with Crippen molar-refractivity contribution in [3.63, 3.8) is 0 Å². The van der Waals surface area contributed by atoms with E-state index in [4.69, 9.17) is 30.0 Å². The molecule has 8 N–H and O–H groups in total. The zero-order valence-corrected chi connectivity index (χ0v) is 20.3. The van der Waals surface area contributed by atoms with Crippen molar-refractivity contribution in [2.75, 3.05) is 24.7 Å². The Morgan fingerprint density at radius 2 is 1.92 bits per heavy atom. The van der Waals surface area contributed by atoms with Gasteiger partial charge in [0, 0.05) is 19.0 Å². The minimum Gasteiger partial charge on any atom is -0.394 e. The van der Waals surface area contributed by atoms with E-state index in [1.54, 1.807) is 0 Å². The van der Waals surface area contributed by atoms with Gasteiger partial charge in [0.2, 0.25) is 5.95 Å². The smallest absolute Gasteiger partial charge is 0.394 e. The van der Waals surface area contributed by atoms with Gasteiger partial charge in [-0.25, -0.2) is 14.3 Å². The molecule has 0 saturated carbocycles. The number of phosphoric acid groups is 1. The predicted molar refractivity (Wildman–Crippen MR) is 125 cm³/mol. The largest absolute Gasteiger partial charge is 0.472 e. The molecule has 0 amide bonds. The number of rotatable bonds is 1. The van der Waals surface area contributed by atoms with E-state index < -0.39 is 69.2 Å². The molecule has 6 heterocycles. The van der Waals surface area contributed by atoms with Crippen LogP contribution in [0.1, 0.15) is 25.3 Å². The molecule has 0 radical (unpaired) electrons. The van der Waals surface area contributed by atoms with Crippen molar-refractivity contribution in [3.8, 4) is 11.4 Å². The molecular weight excluding hydrogens is 531 g/mol. The first-order valence-corrected chi connectivity index (χ1v) is 13.0. The molecule has 38 heavy (non-hydrogen) atoms. The second-order valence-corrected chi connectivity index (χ2v) is 10.5. The van der Waals surface area contributed by atoms with E-state index in [1.165, 1.54) is 10.8 Å². The molecule has 2 saturated heterocycles. The fraction of sp³-hybridized carbons (Fsp3) is 0.526. The molecule has 6 rings (SSSR count). The topological polar surface area (TPSA) is 265 Å². The first-order chi connectivity index (χ1) is 18.0. The number of imidazole rings is 1. The number of nitrogens with one attached hydrogen (secondary N) is 1. The molecular formula is C19H23N8O10P. The van der Waals surface area contributed by atoms with Crippen LogP contribution >= 0.6 is 7.82 Å². The number of H-pyrrole nitrogens is 1. The summed E-state index contributed by atoms with van der Waals surface area (Å²) in [6, 6.07) is 0. The van der Waals surface area contributed by atoms with Gasteiger partial charge in [-0.15, -0.1) is 0 Å². The van der Waals surface area contributed by atoms with E-state index >= 15 is 0 Å². The maximum Gasteiger partial charge on any atom is 0.472 e. The predicted octanol–water partition coefficient (Wildman–Crippen LogP) is -2.05. The van der Waals surface area contributed by atoms with Crippen LogP contribution in [0.5, 0.6) is 0 Å². The quantitative estimate of drug-likeness (QED) is 0.177. The lowest BCUT2D eigenvalue weighted by molar-refractivity contribution is -0.0565. The molecule has 0 aliphatic carbocycles. The first kappa shape index (κ1) is 25.1. The summed E-state index contributed by atoms with van der Waals surface area (Å²) in [5.74, 6) is -0.429. The lowest BCUT2D eigenvalue weighted by Crippen LogP contribution is -2.29. The maximum atomic E-state index is 12.8. The third-order valence-electron chi connectivity index (χ3n) is 6.62. The summed E-state index contributed by atoms with van der Waals surface area (Å²) in [5.41, 5.74) is 10.4. The number of hydrogen-bond donors (Lipinski definition) is 6. The van der Waals surface area contributed by atoms with Crippen LogP contribution in [0.15, 0.2) is 15.8 Å². The van der Waals surface area contributed by atoms with Crippen LogP contribution in [-0.4, -0.2) is 81.8 Å². The molecule has 1 unspecified atom stereocenters. The molecule has 2 fully saturated rings. The van der Waals surface area contributed by atoms with Gasteiger partial charge in [0.05, 0.1) is 24.9 Å². The van der Waals surface area contributed by atoms with Crippen molar-refractivity contribution in [3.05, 3.63) is 27.0 Å². The zero-order chi connectivity index (χ0) is 26.9. The highest BCUT2D eigenvalue weighted by molar-refractivity contribution is 7.47. The molecule has 3 aliphatic rings. The van der Waals surface area contributed by atoms with Crippen LogP contribution in [0.2, 0.25) is 0 Å². The first-order valence-electron chi connectivity index (χ1n) is 11.5. The third kappa shape index (κ3) is 4.11. The van der Waals surface area contributed by atoms with Gasteiger partial charge < -0.3 is 36.0 Å². The second-order valence-electron chi connectivity index (χ2n) is 9.05. The van der Waals surface area contributed by atoms with Crippen molar-refractivity contribution in [2.45, 2.75) is 49.7 Å². The van der Waals surface area contributed by atoms with Gasteiger partial charge in [-0.1, -0.05) is 0 Å². The number of hydrogen-bond acceptors (Lipinski definition) is 14. The maximum absolute atomic E-state index is 12.8. The molecule has 18 nitrogen and oxygen atoms in total. The summed E-state index contributed by atoms with van der Waals surface area (Å²) in [5, 5.41) is 20.4. The standard InChI is InChI=1S/C19H23N8O10P/c20-14-6-3-26(19(31)23-14)11-2-8(9(4-28)35-11)37-38(32,33)34-5-10-7(29)1-12(36-10)27-15(6)22-13-16(27)24-18(21)25-17(13)30/h3,7-12,28-29H,1-2,4-5H2,(H,32,33)(H2,20,23,31)(H3,21,24,25,30)/t7-,8-,9-,10-,11+,12-/m1/s1. The number of aromatic nitrogens is 6. The Morgan fingerprint density at radius 1 is 1.13 bits per heavy atom. The van der Waals surface area contributed by atoms with Crippen molar-refractivity contribution in [1.82, 2.24) is 29.1 Å². The number of anilines is 2. The van der Waals surface area contributed by atoms with E-state index in [1.807, 2.05) is 0 Å². The van der Waals surface area contributed by atoms with Crippen molar-refractivity contribution < 1.29 is 38.2 Å². The zero-order valence-electron chi connectivity index (χ0n) is 19.4. The summed E-state index contributed by atoms with van der Waals surface area (Å²) in [6.45, 7) is -1.13. The Kier molecular flexibility index (Phi) is 5.89. The summed E-state index contributed by atoms with van der Waals surface area (Å²) >= 11 is 0. The van der Waals surface area contributed by atoms with E-state index in [9.17, 15) is 29.3 Å². The number of aromatic amines is 1. The number of nitrogens with zero attached hydrogens (tertiary/aromatic N) is 5. The van der Waals surface area contributed by atoms with Gasteiger partial charge in [0.1, 0.15) is 42.4 Å². The van der Waals surface area contributed by atoms with Crippen LogP contribution in [0.25, 0.3) is 22.6 Å². The van der Waals surface area contributed by atoms with Gasteiger partial charge in [-0.3, -0.25) is 28.0 Å². The number of aliphatic hydroxyl groups is 2. The number of nitrogens with two attached hydrogens (primary N) is 2. The van der Waals surface area contributed by atoms with Crippen LogP contribution in [0.4, 0.5) is 11.8 Å². The highest BCUT2D eigenvalue weighted by Crippen LogP contribution is 2.49. The van der Waals surface area contributed by atoms with E-state index in [0.717, 1.165) is 4.57 Å². The molecule has 0 aromatic carbocycles. The van der Waals surface area contributed by atoms with Crippen molar-refractivity contribution in [1.29, 1.82) is 0 Å². The van der Waals surface area contributed by atoms with Crippen LogP contribution in [0.3, 0.4) is 0 Å². The minimum atomic E-state index is -4.73. The van der Waals surface area contributed by atoms with Crippen LogP contribution in [-0.2, 0) is 23.1 Å². The molecule has 3 aromatic heterocycles. The Labute approximate surface area is 211 Å². The monoisotopic (exact) mass is 554 g/mol. The van der Waals surface area contributed by atoms with Crippen LogP contribution in [0, 0.1) is 0 Å². The highest BCUT2D eigenvalue weighted by Gasteiger charge is 2.44. The Balaban J connectivity index is 1.60. The molecule has 6 bridgehead atoms. The van der Waals surface area contributed by atoms with Gasteiger partial charge >= 0.3 is 13.5 Å². The second kappa shape index (κ2) is 8.92. The fourth-order valence-electron chi connectivity index (χ4n) is 4.86. The third-order valence-corrected chi connectivity index (χ3v) is 7.64. The molecule has 204 valence electrons. The Hall–Kier alpha value is -3.22. The average Bonchev–Trinajstić information content (AvgIpc) is 3.52. The molecule has 19 heteroatoms. The number of aliphatic hydroxyl groups excluding tert-OH is 2. The molecule has 3 aromatic rings. The van der Waals surface area contributed by atoms with Gasteiger partial charge in [-0.05, 0) is 0 Å². The van der Waals surface area contributed by atoms with E-state index in [2.05, 4.69) is 19.9 Å². The van der Waals surface area contributed by atoms with E-state index in [0.29, 0.717) is 0 Å². The number of phosphoric ester groups is 1. The van der Waals surface area contributed by atoms with E-state index in [-0.39, 0.29) is 47.2 Å². The summed E-state index contributed by atoms with van der Waals surface area (Å²) in [7, 11) is -4.73. The summed E-state index contributed by atoms with van der Waals surface area (Å²) in [6.07, 6.45) is -5.49. The summed E-state index contributed by atoms with van der Waals surface area (Å²) in [4.78, 5) is 50.6. The molecule has 0 spiro atoms. The number of nitrogen functional groups attached to an aromatic ring is 2. The number of ether oxygens (including phenoxy) is 2. The lowest BCUT2D eigenvalue weighted by Gasteiger charge is -2.22. The number of fused-ring (bicyclic) bond motifs is 12. The van der Waals surface area contributed by atoms with Gasteiger partial charge in [0.25, 0.3) is 5.56 Å².